The van der Waals surface area contributed by atoms with Gasteiger partial charge in [-0.2, -0.15) is 10.4 Å². The monoisotopic (exact) mass is 546 g/mol. The number of carbonyl (C=O) groups excluding carboxylic acids is 1. The molecule has 0 saturated heterocycles. The minimum Gasteiger partial charge on any atom is -0.467 e. The number of H-pyrrole nitrogens is 1. The van der Waals surface area contributed by atoms with Crippen molar-refractivity contribution < 1.29 is 14.3 Å². The second-order valence-corrected chi connectivity index (χ2v) is 9.11. The average Bonchev–Trinajstić information content (AvgIpc) is 3.40. The highest BCUT2D eigenvalue weighted by atomic mass is 35.5. The zero-order valence-corrected chi connectivity index (χ0v) is 21.5. The van der Waals surface area contributed by atoms with Crippen molar-refractivity contribution in [3.8, 4) is 34.6 Å². The van der Waals surface area contributed by atoms with Crippen LogP contribution in [0, 0.1) is 11.3 Å². The van der Waals surface area contributed by atoms with Crippen LogP contribution in [0.4, 0.5) is 16.6 Å². The van der Waals surface area contributed by atoms with Gasteiger partial charge >= 0.3 is 12.1 Å². The molecule has 4 aromatic rings. The first-order chi connectivity index (χ1) is 19.0. The molecule has 39 heavy (non-hydrogen) atoms. The number of ether oxygens (including phenoxy) is 2. The van der Waals surface area contributed by atoms with E-state index >= 15 is 0 Å². The van der Waals surface area contributed by atoms with Gasteiger partial charge in [-0.05, 0) is 37.8 Å². The number of halogens is 1. The minimum absolute atomic E-state index is 0.0853. The summed E-state index contributed by atoms with van der Waals surface area (Å²) in [5.74, 6) is 0.757. The van der Waals surface area contributed by atoms with Crippen LogP contribution >= 0.6 is 11.6 Å². The standard InChI is InChI=1S/C25H23ClN10O3/c1-38-24-30-11-16(12-31-24)14-2-7-20(28-9-14)34-25(37)39-18-5-3-17(4-6-18)33-23-29-10-15(8-27)21(35-23)22-19(26)13-32-36-22/h2,7,9-13,17-18H,3-6H2,1H3,(H,32,36)(H,28,34,37)(H,29,33,35). The van der Waals surface area contributed by atoms with E-state index < -0.39 is 6.09 Å². The molecule has 0 spiro atoms. The Labute approximate surface area is 228 Å². The summed E-state index contributed by atoms with van der Waals surface area (Å²) >= 11 is 6.15. The fourth-order valence-corrected chi connectivity index (χ4v) is 4.34. The summed E-state index contributed by atoms with van der Waals surface area (Å²) in [6, 6.07) is 5.93. The van der Waals surface area contributed by atoms with Crippen LogP contribution < -0.4 is 15.4 Å². The lowest BCUT2D eigenvalue weighted by Gasteiger charge is -2.28. The second-order valence-electron chi connectivity index (χ2n) is 8.70. The number of rotatable bonds is 7. The zero-order valence-electron chi connectivity index (χ0n) is 20.8. The van der Waals surface area contributed by atoms with Gasteiger partial charge in [-0.15, -0.1) is 0 Å². The maximum absolute atomic E-state index is 12.4. The third kappa shape index (κ3) is 6.19. The summed E-state index contributed by atoms with van der Waals surface area (Å²) in [7, 11) is 1.50. The topological polar surface area (TPSA) is 177 Å². The predicted molar refractivity (Wildman–Crippen MR) is 141 cm³/mol. The van der Waals surface area contributed by atoms with Crippen molar-refractivity contribution in [2.75, 3.05) is 17.7 Å². The summed E-state index contributed by atoms with van der Waals surface area (Å²) in [6.45, 7) is 0. The molecule has 4 aromatic heterocycles. The molecule has 5 rings (SSSR count). The van der Waals surface area contributed by atoms with Gasteiger partial charge < -0.3 is 14.8 Å². The quantitative estimate of drug-likeness (QED) is 0.302. The van der Waals surface area contributed by atoms with E-state index in [1.54, 1.807) is 24.7 Å². The highest BCUT2D eigenvalue weighted by Gasteiger charge is 2.25. The van der Waals surface area contributed by atoms with Crippen LogP contribution in [0.15, 0.2) is 43.1 Å². The molecule has 13 nitrogen and oxygen atoms in total. The maximum Gasteiger partial charge on any atom is 0.413 e. The molecule has 0 radical (unpaired) electrons. The smallest absolute Gasteiger partial charge is 0.413 e. The molecule has 198 valence electrons. The van der Waals surface area contributed by atoms with Gasteiger partial charge in [-0.25, -0.2) is 29.7 Å². The molecule has 1 amide bonds. The molecule has 14 heteroatoms. The number of nitriles is 1. The Hall–Kier alpha value is -4.83. The Morgan fingerprint density at radius 2 is 1.82 bits per heavy atom. The predicted octanol–water partition coefficient (Wildman–Crippen LogP) is 4.22. The molecule has 1 fully saturated rings. The van der Waals surface area contributed by atoms with Crippen molar-refractivity contribution >= 4 is 29.5 Å². The number of nitrogens with one attached hydrogen (secondary N) is 3. The number of hydrogen-bond donors (Lipinski definition) is 3. The number of carbonyl (C=O) groups is 1. The molecule has 4 heterocycles. The van der Waals surface area contributed by atoms with E-state index in [4.69, 9.17) is 21.1 Å². The number of methoxy groups -OCH3 is 1. The number of nitrogens with zero attached hydrogens (tertiary/aromatic N) is 7. The third-order valence-electron chi connectivity index (χ3n) is 6.16. The van der Waals surface area contributed by atoms with Gasteiger partial charge in [0.25, 0.3) is 0 Å². The van der Waals surface area contributed by atoms with E-state index in [1.807, 2.05) is 6.07 Å². The fraction of sp³-hybridized carbons (Fsp3) is 0.280. The lowest BCUT2D eigenvalue weighted by Crippen LogP contribution is -2.32. The minimum atomic E-state index is -0.559. The SMILES string of the molecule is COc1ncc(-c2ccc(NC(=O)OC3CCC(Nc4ncc(C#N)c(-c5[nH]ncc5Cl)n4)CC3)nc2)cn1. The molecule has 0 bridgehead atoms. The molecular weight excluding hydrogens is 524 g/mol. The first-order valence-electron chi connectivity index (χ1n) is 12.1. The molecule has 3 N–H and O–H groups in total. The highest BCUT2D eigenvalue weighted by molar-refractivity contribution is 6.32. The van der Waals surface area contributed by atoms with Crippen LogP contribution in [-0.2, 0) is 4.74 Å². The van der Waals surface area contributed by atoms with Crippen LogP contribution in [0.3, 0.4) is 0 Å². The van der Waals surface area contributed by atoms with Crippen LogP contribution in [-0.4, -0.2) is 60.5 Å². The summed E-state index contributed by atoms with van der Waals surface area (Å²) in [4.78, 5) is 33.6. The van der Waals surface area contributed by atoms with Crippen molar-refractivity contribution in [1.29, 1.82) is 5.26 Å². The molecule has 0 aromatic carbocycles. The van der Waals surface area contributed by atoms with Gasteiger partial charge in [0.1, 0.15) is 29.4 Å². The van der Waals surface area contributed by atoms with Crippen LogP contribution in [0.2, 0.25) is 5.02 Å². The van der Waals surface area contributed by atoms with Gasteiger partial charge in [-0.1, -0.05) is 11.6 Å². The molecule has 0 aliphatic heterocycles. The summed E-state index contributed by atoms with van der Waals surface area (Å²) in [6.07, 6.45) is 9.85. The van der Waals surface area contributed by atoms with Gasteiger partial charge in [-0.3, -0.25) is 10.4 Å². The normalized spacial score (nSPS) is 16.6. The number of aromatic amines is 1. The van der Waals surface area contributed by atoms with E-state index in [1.165, 1.54) is 19.5 Å². The Morgan fingerprint density at radius 3 is 2.46 bits per heavy atom. The van der Waals surface area contributed by atoms with Gasteiger partial charge in [0.05, 0.1) is 30.1 Å². The Kier molecular flexibility index (Phi) is 7.74. The lowest BCUT2D eigenvalue weighted by atomic mass is 9.93. The Morgan fingerprint density at radius 1 is 1.05 bits per heavy atom. The molecule has 1 aliphatic carbocycles. The van der Waals surface area contributed by atoms with Gasteiger partial charge in [0.2, 0.25) is 5.95 Å². The summed E-state index contributed by atoms with van der Waals surface area (Å²) in [5, 5.41) is 22.4. The first-order valence-corrected chi connectivity index (χ1v) is 12.4. The maximum atomic E-state index is 12.4. The van der Waals surface area contributed by atoms with Gasteiger partial charge in [0, 0.05) is 35.8 Å². The van der Waals surface area contributed by atoms with Crippen molar-refractivity contribution in [2.24, 2.45) is 0 Å². The van der Waals surface area contributed by atoms with Crippen molar-refractivity contribution in [2.45, 2.75) is 37.8 Å². The number of pyridine rings is 1. The highest BCUT2D eigenvalue weighted by Crippen LogP contribution is 2.28. The van der Waals surface area contributed by atoms with Crippen LogP contribution in [0.25, 0.3) is 22.5 Å². The van der Waals surface area contributed by atoms with E-state index in [-0.39, 0.29) is 23.7 Å². The van der Waals surface area contributed by atoms with E-state index in [0.29, 0.717) is 41.0 Å². The molecule has 0 atom stereocenters. The number of hydrogen-bond acceptors (Lipinski definition) is 11. The summed E-state index contributed by atoms with van der Waals surface area (Å²) < 4.78 is 10.6. The van der Waals surface area contributed by atoms with E-state index in [2.05, 4.69) is 51.8 Å². The largest absolute Gasteiger partial charge is 0.467 e. The summed E-state index contributed by atoms with van der Waals surface area (Å²) in [5.41, 5.74) is 2.70. The Bertz CT molecular complexity index is 1480. The fourth-order valence-electron chi connectivity index (χ4n) is 4.16. The number of amides is 1. The van der Waals surface area contributed by atoms with Crippen LogP contribution in [0.5, 0.6) is 6.01 Å². The molecule has 1 saturated carbocycles. The van der Waals surface area contributed by atoms with Crippen LogP contribution in [0.1, 0.15) is 31.2 Å². The zero-order chi connectivity index (χ0) is 27.2. The Balaban J connectivity index is 1.11. The molecular formula is C25H23ClN10O3. The van der Waals surface area contributed by atoms with Crippen molar-refractivity contribution in [3.63, 3.8) is 0 Å². The second kappa shape index (κ2) is 11.7. The van der Waals surface area contributed by atoms with Gasteiger partial charge in [0.15, 0.2) is 0 Å². The number of anilines is 2. The van der Waals surface area contributed by atoms with E-state index in [9.17, 15) is 10.1 Å². The van der Waals surface area contributed by atoms with Crippen molar-refractivity contribution in [3.05, 3.63) is 53.7 Å². The van der Waals surface area contributed by atoms with E-state index in [0.717, 1.165) is 24.0 Å². The first kappa shape index (κ1) is 25.8. The average molecular weight is 547 g/mol. The molecule has 0 unspecified atom stereocenters. The van der Waals surface area contributed by atoms with Crippen molar-refractivity contribution in [1.82, 2.24) is 35.1 Å². The lowest BCUT2D eigenvalue weighted by molar-refractivity contribution is 0.0840. The number of aromatic nitrogens is 7. The third-order valence-corrected chi connectivity index (χ3v) is 6.44. The molecule has 1 aliphatic rings.